The second-order valence-electron chi connectivity index (χ2n) is 1.71. The van der Waals surface area contributed by atoms with Crippen LogP contribution in [0, 0.1) is 0 Å². The Morgan fingerprint density at radius 2 is 1.20 bits per heavy atom. The Balaban J connectivity index is 3.19. The average Bonchev–Trinajstić information content (AvgIpc) is 1.97. The molecule has 0 unspecified atom stereocenters. The van der Waals surface area contributed by atoms with Gasteiger partial charge in [-0.15, -0.1) is 0 Å². The molecule has 0 amide bonds. The Bertz CT molecular complexity index is 127. The summed E-state index contributed by atoms with van der Waals surface area (Å²) in [6.45, 7) is 0. The van der Waals surface area contributed by atoms with Crippen molar-refractivity contribution in [2.24, 2.45) is 0 Å². The lowest BCUT2D eigenvalue weighted by atomic mass is 10.3. The van der Waals surface area contributed by atoms with Crippen molar-refractivity contribution < 1.29 is 9.59 Å². The first-order valence-corrected chi connectivity index (χ1v) is 3.12. The molecule has 0 aliphatic carbocycles. The van der Waals surface area contributed by atoms with Gasteiger partial charge in [0.05, 0.1) is 0 Å². The normalized spacial score (nSPS) is 10.8. The predicted molar refractivity (Wildman–Crippen MR) is 39.6 cm³/mol. The van der Waals surface area contributed by atoms with Gasteiger partial charge in [0.25, 0.3) is 0 Å². The van der Waals surface area contributed by atoms with Gasteiger partial charge in [-0.25, -0.2) is 0 Å². The van der Waals surface area contributed by atoms with Gasteiger partial charge in [0.2, 0.25) is 0 Å². The van der Waals surface area contributed by atoms with Crippen LogP contribution in [0.2, 0.25) is 0 Å². The zero-order chi connectivity index (χ0) is 7.66. The summed E-state index contributed by atoms with van der Waals surface area (Å²) in [5.74, 6) is 0. The van der Waals surface area contributed by atoms with Gasteiger partial charge in [-0.2, -0.15) is 0 Å². The largest absolute Gasteiger partial charge is 0.299 e. The Morgan fingerprint density at radius 3 is 1.50 bits per heavy atom. The van der Waals surface area contributed by atoms with E-state index in [-0.39, 0.29) is 0 Å². The quantitative estimate of drug-likeness (QED) is 0.326. The Morgan fingerprint density at radius 1 is 0.800 bits per heavy atom. The summed E-state index contributed by atoms with van der Waals surface area (Å²) in [6.07, 6.45) is 9.53. The first-order chi connectivity index (χ1) is 4.91. The number of allylic oxidation sites excluding steroid dienone is 4. The van der Waals surface area contributed by atoms with Crippen LogP contribution in [0.5, 0.6) is 0 Å². The molecule has 0 aliphatic heterocycles. The first-order valence-electron chi connectivity index (χ1n) is 3.12. The maximum absolute atomic E-state index is 9.73. The van der Waals surface area contributed by atoms with Crippen LogP contribution in [0.4, 0.5) is 0 Å². The maximum Gasteiger partial charge on any atom is 0.142 e. The van der Waals surface area contributed by atoms with Crippen LogP contribution in [0.3, 0.4) is 0 Å². The highest BCUT2D eigenvalue weighted by atomic mass is 16.1. The van der Waals surface area contributed by atoms with Gasteiger partial charge in [0.15, 0.2) is 0 Å². The van der Waals surface area contributed by atoms with Crippen LogP contribution in [0.25, 0.3) is 0 Å². The van der Waals surface area contributed by atoms with E-state index in [2.05, 4.69) is 0 Å². The lowest BCUT2D eigenvalue weighted by Gasteiger charge is -1.80. The fraction of sp³-hybridized carbons (Fsp3) is 0.250. The molecule has 0 radical (unpaired) electrons. The van der Waals surface area contributed by atoms with Gasteiger partial charge in [0.1, 0.15) is 12.6 Å². The lowest BCUT2D eigenvalue weighted by molar-refractivity contribution is -0.104. The topological polar surface area (TPSA) is 34.1 Å². The van der Waals surface area contributed by atoms with Crippen molar-refractivity contribution in [1.29, 1.82) is 0 Å². The van der Waals surface area contributed by atoms with Crippen molar-refractivity contribution in [1.82, 2.24) is 0 Å². The summed E-state index contributed by atoms with van der Waals surface area (Å²) >= 11 is 0. The second kappa shape index (κ2) is 7.82. The summed E-state index contributed by atoms with van der Waals surface area (Å²) in [6, 6.07) is 0. The highest BCUT2D eigenvalue weighted by molar-refractivity contribution is 5.65. The van der Waals surface area contributed by atoms with E-state index in [9.17, 15) is 9.59 Å². The molecule has 0 N–H and O–H groups in total. The zero-order valence-corrected chi connectivity index (χ0v) is 5.69. The summed E-state index contributed by atoms with van der Waals surface area (Å²) in [5, 5.41) is 0. The fourth-order valence-electron chi connectivity index (χ4n) is 0.496. The third-order valence-electron chi connectivity index (χ3n) is 0.929. The van der Waals surface area contributed by atoms with Crippen LogP contribution in [0.1, 0.15) is 12.8 Å². The molecule has 0 aromatic rings. The van der Waals surface area contributed by atoms with Crippen LogP contribution in [0.15, 0.2) is 24.3 Å². The van der Waals surface area contributed by atoms with Crippen molar-refractivity contribution in [2.75, 3.05) is 0 Å². The van der Waals surface area contributed by atoms with Crippen LogP contribution in [-0.2, 0) is 9.59 Å². The standard InChI is InChI=1S/C8H10O2/c9-7-5-3-1-2-4-6-8-10/h3-8H,1-2H2/b5-3+,6-4?. The van der Waals surface area contributed by atoms with Crippen molar-refractivity contribution >= 4 is 12.6 Å². The lowest BCUT2D eigenvalue weighted by Crippen LogP contribution is -1.66. The van der Waals surface area contributed by atoms with Crippen molar-refractivity contribution in [3.8, 4) is 0 Å². The maximum atomic E-state index is 9.73. The van der Waals surface area contributed by atoms with E-state index in [0.717, 1.165) is 25.4 Å². The number of rotatable bonds is 5. The Labute approximate surface area is 60.2 Å². The van der Waals surface area contributed by atoms with Gasteiger partial charge >= 0.3 is 0 Å². The van der Waals surface area contributed by atoms with Crippen LogP contribution in [-0.4, -0.2) is 12.6 Å². The molecule has 2 heteroatoms. The van der Waals surface area contributed by atoms with E-state index in [1.165, 1.54) is 12.2 Å². The summed E-state index contributed by atoms with van der Waals surface area (Å²) in [7, 11) is 0. The monoisotopic (exact) mass is 138 g/mol. The molecule has 0 saturated carbocycles. The molecule has 0 atom stereocenters. The minimum Gasteiger partial charge on any atom is -0.299 e. The van der Waals surface area contributed by atoms with Crippen LogP contribution >= 0.6 is 0 Å². The highest BCUT2D eigenvalue weighted by Gasteiger charge is 1.73. The molecule has 0 saturated heterocycles. The first kappa shape index (κ1) is 8.82. The number of hydrogen-bond acceptors (Lipinski definition) is 2. The van der Waals surface area contributed by atoms with Gasteiger partial charge in [-0.05, 0) is 25.0 Å². The van der Waals surface area contributed by atoms with Gasteiger partial charge in [-0.1, -0.05) is 12.2 Å². The van der Waals surface area contributed by atoms with Gasteiger partial charge in [0, 0.05) is 0 Å². The number of unbranched alkanes of at least 4 members (excludes halogenated alkanes) is 1. The third-order valence-corrected chi connectivity index (χ3v) is 0.929. The molecular weight excluding hydrogens is 128 g/mol. The number of carbonyl (C=O) groups excluding carboxylic acids is 2. The molecule has 2 nitrogen and oxygen atoms in total. The molecule has 10 heavy (non-hydrogen) atoms. The number of aldehydes is 2. The Kier molecular flexibility index (Phi) is 6.90. The van der Waals surface area contributed by atoms with E-state index in [0.29, 0.717) is 0 Å². The number of hydrogen-bond donors (Lipinski definition) is 0. The summed E-state index contributed by atoms with van der Waals surface area (Å²) in [5.41, 5.74) is 0. The molecule has 54 valence electrons. The molecule has 0 fully saturated rings. The SMILES string of the molecule is O=CC=CCC/C=C/C=O. The van der Waals surface area contributed by atoms with Crippen molar-refractivity contribution in [3.05, 3.63) is 24.3 Å². The van der Waals surface area contributed by atoms with Crippen molar-refractivity contribution in [3.63, 3.8) is 0 Å². The zero-order valence-electron chi connectivity index (χ0n) is 5.69. The van der Waals surface area contributed by atoms with E-state index in [1.54, 1.807) is 12.2 Å². The van der Waals surface area contributed by atoms with Gasteiger partial charge in [-0.3, -0.25) is 9.59 Å². The molecule has 0 rings (SSSR count). The van der Waals surface area contributed by atoms with E-state index in [1.807, 2.05) is 0 Å². The van der Waals surface area contributed by atoms with E-state index >= 15 is 0 Å². The summed E-state index contributed by atoms with van der Waals surface area (Å²) in [4.78, 5) is 19.5. The smallest absolute Gasteiger partial charge is 0.142 e. The Hall–Kier alpha value is -1.18. The van der Waals surface area contributed by atoms with E-state index in [4.69, 9.17) is 0 Å². The highest BCUT2D eigenvalue weighted by Crippen LogP contribution is 1.90. The third kappa shape index (κ3) is 6.82. The van der Waals surface area contributed by atoms with Crippen LogP contribution < -0.4 is 0 Å². The minimum absolute atomic E-state index is 0.740. The second-order valence-corrected chi connectivity index (χ2v) is 1.71. The van der Waals surface area contributed by atoms with E-state index < -0.39 is 0 Å². The molecule has 0 heterocycles. The van der Waals surface area contributed by atoms with Crippen molar-refractivity contribution in [2.45, 2.75) is 12.8 Å². The molecular formula is C8H10O2. The minimum atomic E-state index is 0.740. The fourth-order valence-corrected chi connectivity index (χ4v) is 0.496. The molecule has 0 aliphatic rings. The molecule has 0 aromatic heterocycles. The molecule has 0 spiro atoms. The summed E-state index contributed by atoms with van der Waals surface area (Å²) < 4.78 is 0. The predicted octanol–water partition coefficient (Wildman–Crippen LogP) is 1.28. The number of carbonyl (C=O) groups is 2. The molecule has 0 aromatic carbocycles. The van der Waals surface area contributed by atoms with Gasteiger partial charge < -0.3 is 0 Å². The molecule has 0 bridgehead atoms. The average molecular weight is 138 g/mol.